The van der Waals surface area contributed by atoms with Gasteiger partial charge >= 0.3 is 0 Å². The highest BCUT2D eigenvalue weighted by Crippen LogP contribution is 2.22. The van der Waals surface area contributed by atoms with Gasteiger partial charge in [0, 0.05) is 24.3 Å². The van der Waals surface area contributed by atoms with E-state index in [-0.39, 0.29) is 0 Å². The second-order valence-electron chi connectivity index (χ2n) is 4.28. The lowest BCUT2D eigenvalue weighted by molar-refractivity contribution is 0.567. The van der Waals surface area contributed by atoms with Crippen LogP contribution >= 0.6 is 15.9 Å². The normalized spacial score (nSPS) is 11.2. The molecule has 0 atom stereocenters. The van der Waals surface area contributed by atoms with Gasteiger partial charge < -0.3 is 5.73 Å². The summed E-state index contributed by atoms with van der Waals surface area (Å²) in [6, 6.07) is 0. The number of hydrogen-bond acceptors (Lipinski definition) is 3. The number of nitrogens with zero attached hydrogens (tertiary/aromatic N) is 4. The Bertz CT molecular complexity index is 555. The maximum absolute atomic E-state index is 5.67. The molecule has 6 heteroatoms. The molecule has 0 aliphatic heterocycles. The Balaban J connectivity index is 2.36. The van der Waals surface area contributed by atoms with Crippen LogP contribution in [-0.4, -0.2) is 19.6 Å². The quantitative estimate of drug-likeness (QED) is 0.939. The number of hydrogen-bond donors (Lipinski definition) is 1. The molecule has 2 rings (SSSR count). The van der Waals surface area contributed by atoms with E-state index in [0.717, 1.165) is 33.7 Å². The standard InChI is InChI=1S/C12H18BrN5/c1-4-17-11(12(13)8(2)16-17)7-18-9(3)10(5-14)6-15-18/h6H,4-5,7,14H2,1-3H3. The molecule has 2 aromatic heterocycles. The lowest BCUT2D eigenvalue weighted by atomic mass is 10.2. The van der Waals surface area contributed by atoms with E-state index < -0.39 is 0 Å². The fraction of sp³-hybridized carbons (Fsp3) is 0.500. The van der Waals surface area contributed by atoms with Crippen LogP contribution in [-0.2, 0) is 19.6 Å². The van der Waals surface area contributed by atoms with Gasteiger partial charge in [-0.3, -0.25) is 9.36 Å². The molecular weight excluding hydrogens is 294 g/mol. The molecule has 98 valence electrons. The molecule has 0 bridgehead atoms. The third-order valence-corrected chi connectivity index (χ3v) is 4.21. The first-order valence-electron chi connectivity index (χ1n) is 6.01. The van der Waals surface area contributed by atoms with Crippen molar-refractivity contribution in [1.82, 2.24) is 19.6 Å². The Kier molecular flexibility index (Phi) is 3.87. The number of halogens is 1. The second kappa shape index (κ2) is 5.24. The van der Waals surface area contributed by atoms with Gasteiger partial charge in [0.05, 0.1) is 28.6 Å². The van der Waals surface area contributed by atoms with Crippen LogP contribution in [0.5, 0.6) is 0 Å². The summed E-state index contributed by atoms with van der Waals surface area (Å²) in [5.41, 5.74) is 10.0. The molecule has 18 heavy (non-hydrogen) atoms. The van der Waals surface area contributed by atoms with E-state index in [1.807, 2.05) is 29.4 Å². The molecule has 0 unspecified atom stereocenters. The summed E-state index contributed by atoms with van der Waals surface area (Å²) in [4.78, 5) is 0. The first-order valence-corrected chi connectivity index (χ1v) is 6.80. The van der Waals surface area contributed by atoms with Gasteiger partial charge in [-0.1, -0.05) is 0 Å². The summed E-state index contributed by atoms with van der Waals surface area (Å²) in [7, 11) is 0. The number of nitrogens with two attached hydrogens (primary N) is 1. The summed E-state index contributed by atoms with van der Waals surface area (Å²) in [5, 5.41) is 8.87. The fourth-order valence-electron chi connectivity index (χ4n) is 2.01. The minimum Gasteiger partial charge on any atom is -0.326 e. The molecule has 0 aliphatic carbocycles. The van der Waals surface area contributed by atoms with E-state index in [9.17, 15) is 0 Å². The summed E-state index contributed by atoms with van der Waals surface area (Å²) >= 11 is 3.60. The lowest BCUT2D eigenvalue weighted by Gasteiger charge is -2.08. The molecule has 0 saturated heterocycles. The molecule has 5 nitrogen and oxygen atoms in total. The molecule has 0 fully saturated rings. The number of rotatable bonds is 4. The molecule has 2 aromatic rings. The van der Waals surface area contributed by atoms with E-state index in [1.165, 1.54) is 0 Å². The average molecular weight is 312 g/mol. The van der Waals surface area contributed by atoms with Crippen LogP contribution in [0.2, 0.25) is 0 Å². The van der Waals surface area contributed by atoms with Crippen molar-refractivity contribution in [1.29, 1.82) is 0 Å². The molecule has 0 aliphatic rings. The van der Waals surface area contributed by atoms with E-state index in [0.29, 0.717) is 13.1 Å². The van der Waals surface area contributed by atoms with Crippen molar-refractivity contribution in [2.45, 2.75) is 40.4 Å². The van der Waals surface area contributed by atoms with Crippen LogP contribution in [0, 0.1) is 13.8 Å². The highest BCUT2D eigenvalue weighted by atomic mass is 79.9. The first-order chi connectivity index (χ1) is 8.58. The Morgan fingerprint density at radius 2 is 2.06 bits per heavy atom. The monoisotopic (exact) mass is 311 g/mol. The van der Waals surface area contributed by atoms with Gasteiger partial charge in [-0.05, 0) is 36.7 Å². The van der Waals surface area contributed by atoms with Gasteiger partial charge in [0.2, 0.25) is 0 Å². The molecule has 0 radical (unpaired) electrons. The van der Waals surface area contributed by atoms with Crippen LogP contribution in [0.15, 0.2) is 10.7 Å². The van der Waals surface area contributed by atoms with Gasteiger partial charge in [0.15, 0.2) is 0 Å². The minimum absolute atomic E-state index is 0.527. The molecule has 2 heterocycles. The van der Waals surface area contributed by atoms with Gasteiger partial charge in [-0.15, -0.1) is 0 Å². The second-order valence-corrected chi connectivity index (χ2v) is 5.07. The van der Waals surface area contributed by atoms with E-state index in [4.69, 9.17) is 5.73 Å². The third kappa shape index (κ3) is 2.22. The zero-order valence-corrected chi connectivity index (χ0v) is 12.5. The van der Waals surface area contributed by atoms with Crippen molar-refractivity contribution in [3.8, 4) is 0 Å². The van der Waals surface area contributed by atoms with Crippen molar-refractivity contribution in [2.24, 2.45) is 5.73 Å². The van der Waals surface area contributed by atoms with Crippen molar-refractivity contribution >= 4 is 15.9 Å². The van der Waals surface area contributed by atoms with Gasteiger partial charge in [0.1, 0.15) is 0 Å². The lowest BCUT2D eigenvalue weighted by Crippen LogP contribution is -2.11. The molecule has 0 saturated carbocycles. The first kappa shape index (κ1) is 13.3. The number of aryl methyl sites for hydroxylation is 2. The molecular formula is C12H18BrN5. The highest BCUT2D eigenvalue weighted by molar-refractivity contribution is 9.10. The number of aromatic nitrogens is 4. The van der Waals surface area contributed by atoms with Crippen LogP contribution in [0.25, 0.3) is 0 Å². The topological polar surface area (TPSA) is 61.7 Å². The highest BCUT2D eigenvalue weighted by Gasteiger charge is 2.14. The molecule has 0 aromatic carbocycles. The summed E-state index contributed by atoms with van der Waals surface area (Å²) in [6.45, 7) is 8.22. The molecule has 0 amide bonds. The van der Waals surface area contributed by atoms with E-state index in [1.54, 1.807) is 0 Å². The maximum Gasteiger partial charge on any atom is 0.0842 e. The van der Waals surface area contributed by atoms with E-state index >= 15 is 0 Å². The maximum atomic E-state index is 5.67. The van der Waals surface area contributed by atoms with Crippen LogP contribution in [0.4, 0.5) is 0 Å². The smallest absolute Gasteiger partial charge is 0.0842 e. The largest absolute Gasteiger partial charge is 0.326 e. The molecule has 0 spiro atoms. The summed E-state index contributed by atoms with van der Waals surface area (Å²) in [6.07, 6.45) is 1.84. The van der Waals surface area contributed by atoms with Crippen molar-refractivity contribution < 1.29 is 0 Å². The Morgan fingerprint density at radius 3 is 2.61 bits per heavy atom. The molecule has 2 N–H and O–H groups in total. The zero-order valence-electron chi connectivity index (χ0n) is 10.9. The van der Waals surface area contributed by atoms with Crippen LogP contribution in [0.1, 0.15) is 29.6 Å². The van der Waals surface area contributed by atoms with Gasteiger partial charge in [-0.2, -0.15) is 10.2 Å². The van der Waals surface area contributed by atoms with Gasteiger partial charge in [-0.25, -0.2) is 0 Å². The predicted octanol–water partition coefficient (Wildman–Crippen LogP) is 1.99. The van der Waals surface area contributed by atoms with Gasteiger partial charge in [0.25, 0.3) is 0 Å². The van der Waals surface area contributed by atoms with Crippen LogP contribution in [0.3, 0.4) is 0 Å². The average Bonchev–Trinajstić information content (AvgIpc) is 2.85. The third-order valence-electron chi connectivity index (χ3n) is 3.18. The zero-order chi connectivity index (χ0) is 13.3. The Morgan fingerprint density at radius 1 is 1.33 bits per heavy atom. The summed E-state index contributed by atoms with van der Waals surface area (Å²) < 4.78 is 5.03. The van der Waals surface area contributed by atoms with Crippen molar-refractivity contribution in [3.05, 3.63) is 33.3 Å². The van der Waals surface area contributed by atoms with Crippen molar-refractivity contribution in [3.63, 3.8) is 0 Å². The SMILES string of the molecule is CCn1nc(C)c(Br)c1Cn1ncc(CN)c1C. The van der Waals surface area contributed by atoms with Crippen molar-refractivity contribution in [2.75, 3.05) is 0 Å². The minimum atomic E-state index is 0.527. The van der Waals surface area contributed by atoms with E-state index in [2.05, 4.69) is 33.1 Å². The van der Waals surface area contributed by atoms with Crippen LogP contribution < -0.4 is 5.73 Å². The Hall–Kier alpha value is -1.14. The predicted molar refractivity (Wildman–Crippen MR) is 74.3 cm³/mol. The Labute approximate surface area is 115 Å². The summed E-state index contributed by atoms with van der Waals surface area (Å²) in [5.74, 6) is 0. The fourth-order valence-corrected chi connectivity index (χ4v) is 2.42.